The molecule has 1 heterocycles. The first-order chi connectivity index (χ1) is 14.7. The highest BCUT2D eigenvalue weighted by Gasteiger charge is 2.34. The van der Waals surface area contributed by atoms with Gasteiger partial charge in [-0.15, -0.1) is 0 Å². The first-order valence-electron chi connectivity index (χ1n) is 12.2. The number of carbonyl (C=O) groups excluding carboxylic acids is 1. The summed E-state index contributed by atoms with van der Waals surface area (Å²) < 4.78 is 10.4. The van der Waals surface area contributed by atoms with E-state index in [1.54, 1.807) is 14.2 Å². The number of aliphatic carboxylic acids is 1. The minimum Gasteiger partial charge on any atom is -0.481 e. The number of ether oxygens (including phenoxy) is 2. The zero-order valence-electron chi connectivity index (χ0n) is 22.8. The van der Waals surface area contributed by atoms with Crippen LogP contribution in [-0.2, 0) is 19.1 Å². The molecule has 0 aromatic heterocycles. The Balaban J connectivity index is -0.000000198. The Labute approximate surface area is 194 Å². The van der Waals surface area contributed by atoms with Gasteiger partial charge in [-0.05, 0) is 24.7 Å². The van der Waals surface area contributed by atoms with Crippen molar-refractivity contribution in [1.82, 2.24) is 4.90 Å². The van der Waals surface area contributed by atoms with Gasteiger partial charge >= 0.3 is 5.97 Å². The summed E-state index contributed by atoms with van der Waals surface area (Å²) in [6.07, 6.45) is 4.69. The van der Waals surface area contributed by atoms with Crippen LogP contribution in [0.1, 0.15) is 108 Å². The summed E-state index contributed by atoms with van der Waals surface area (Å²) in [7, 11) is 3.37. The van der Waals surface area contributed by atoms with Crippen LogP contribution in [0.15, 0.2) is 0 Å². The molecule has 2 atom stereocenters. The normalized spacial score (nSPS) is 16.8. The van der Waals surface area contributed by atoms with Gasteiger partial charge in [-0.1, -0.05) is 75.7 Å². The van der Waals surface area contributed by atoms with Gasteiger partial charge in [0.1, 0.15) is 0 Å². The molecule has 2 unspecified atom stereocenters. The van der Waals surface area contributed by atoms with Gasteiger partial charge in [0.25, 0.3) is 0 Å². The molecule has 1 aliphatic rings. The molecule has 0 bridgehead atoms. The van der Waals surface area contributed by atoms with Crippen LogP contribution in [-0.4, -0.2) is 61.4 Å². The van der Waals surface area contributed by atoms with Crippen LogP contribution >= 0.6 is 0 Å². The third-order valence-corrected chi connectivity index (χ3v) is 4.83. The lowest BCUT2D eigenvalue weighted by Gasteiger charge is -2.23. The van der Waals surface area contributed by atoms with Crippen LogP contribution in [0.5, 0.6) is 0 Å². The molecule has 1 amide bonds. The highest BCUT2D eigenvalue weighted by atomic mass is 16.5. The van der Waals surface area contributed by atoms with Crippen LogP contribution in [0, 0.1) is 5.41 Å². The summed E-state index contributed by atoms with van der Waals surface area (Å²) in [6.45, 7) is 21.6. The predicted molar refractivity (Wildman–Crippen MR) is 133 cm³/mol. The highest BCUT2D eigenvalue weighted by molar-refractivity contribution is 5.76. The molecule has 0 aromatic carbocycles. The number of hydrogen-bond donors (Lipinski definition) is 1. The fourth-order valence-electron chi connectivity index (χ4n) is 2.68. The summed E-state index contributed by atoms with van der Waals surface area (Å²) >= 11 is 0. The SMILES string of the molecule is CC.CC.CC.CCC(C)(C)CCC(=O)O.CCCC(=O)N1CC(OC)CC1COC. The molecule has 1 N–H and O–H groups in total. The second-order valence-electron chi connectivity index (χ2n) is 7.41. The van der Waals surface area contributed by atoms with E-state index in [2.05, 4.69) is 20.8 Å². The average molecular weight is 450 g/mol. The topological polar surface area (TPSA) is 76.1 Å². The number of rotatable bonds is 9. The van der Waals surface area contributed by atoms with Crippen molar-refractivity contribution in [2.24, 2.45) is 5.41 Å². The van der Waals surface area contributed by atoms with Crippen LogP contribution in [0.2, 0.25) is 0 Å². The zero-order valence-corrected chi connectivity index (χ0v) is 22.8. The molecular formula is C25H55NO5. The maximum absolute atomic E-state index is 11.8. The second-order valence-corrected chi connectivity index (χ2v) is 7.41. The molecule has 0 radical (unpaired) electrons. The molecule has 6 nitrogen and oxygen atoms in total. The zero-order chi connectivity index (χ0) is 25.5. The monoisotopic (exact) mass is 449 g/mol. The van der Waals surface area contributed by atoms with Crippen molar-refractivity contribution in [1.29, 1.82) is 0 Å². The van der Waals surface area contributed by atoms with Crippen molar-refractivity contribution in [3.05, 3.63) is 0 Å². The van der Waals surface area contributed by atoms with Crippen molar-refractivity contribution >= 4 is 11.9 Å². The molecule has 6 heteroatoms. The Bertz CT molecular complexity index is 399. The van der Waals surface area contributed by atoms with E-state index in [9.17, 15) is 9.59 Å². The van der Waals surface area contributed by atoms with Gasteiger partial charge in [0, 0.05) is 33.6 Å². The maximum atomic E-state index is 11.8. The van der Waals surface area contributed by atoms with Crippen LogP contribution < -0.4 is 0 Å². The Morgan fingerprint density at radius 2 is 1.52 bits per heavy atom. The van der Waals surface area contributed by atoms with E-state index in [1.165, 1.54) is 0 Å². The smallest absolute Gasteiger partial charge is 0.303 e. The van der Waals surface area contributed by atoms with Crippen molar-refractivity contribution in [2.45, 2.75) is 120 Å². The first-order valence-corrected chi connectivity index (χ1v) is 12.2. The summed E-state index contributed by atoms with van der Waals surface area (Å²) in [5.41, 5.74) is 0.193. The van der Waals surface area contributed by atoms with E-state index >= 15 is 0 Å². The molecule has 0 aliphatic carbocycles. The minimum atomic E-state index is -0.693. The van der Waals surface area contributed by atoms with Crippen molar-refractivity contribution < 1.29 is 24.2 Å². The fraction of sp³-hybridized carbons (Fsp3) is 0.920. The van der Waals surface area contributed by atoms with E-state index in [0.29, 0.717) is 26.0 Å². The number of methoxy groups -OCH3 is 2. The number of likely N-dealkylation sites (tertiary alicyclic amines) is 1. The molecule has 1 rings (SSSR count). The van der Waals surface area contributed by atoms with Crippen molar-refractivity contribution in [2.75, 3.05) is 27.4 Å². The van der Waals surface area contributed by atoms with Gasteiger partial charge in [0.05, 0.1) is 18.8 Å². The molecule has 1 saturated heterocycles. The fourth-order valence-corrected chi connectivity index (χ4v) is 2.68. The lowest BCUT2D eigenvalue weighted by atomic mass is 9.85. The van der Waals surface area contributed by atoms with Gasteiger partial charge in [-0.25, -0.2) is 0 Å². The van der Waals surface area contributed by atoms with Gasteiger partial charge in [-0.3, -0.25) is 9.59 Å². The largest absolute Gasteiger partial charge is 0.481 e. The molecule has 0 saturated carbocycles. The number of carboxylic acids is 1. The van der Waals surface area contributed by atoms with Gasteiger partial charge < -0.3 is 19.5 Å². The van der Waals surface area contributed by atoms with Crippen LogP contribution in [0.25, 0.3) is 0 Å². The van der Waals surface area contributed by atoms with Gasteiger partial charge in [0.2, 0.25) is 5.91 Å². The number of amides is 1. The van der Waals surface area contributed by atoms with E-state index < -0.39 is 5.97 Å². The summed E-state index contributed by atoms with van der Waals surface area (Å²) in [5.74, 6) is -0.472. The molecule has 31 heavy (non-hydrogen) atoms. The third kappa shape index (κ3) is 20.5. The number of carbonyl (C=O) groups is 2. The molecule has 190 valence electrons. The highest BCUT2D eigenvalue weighted by Crippen LogP contribution is 2.25. The lowest BCUT2D eigenvalue weighted by Crippen LogP contribution is -2.38. The third-order valence-electron chi connectivity index (χ3n) is 4.83. The van der Waals surface area contributed by atoms with Crippen LogP contribution in [0.4, 0.5) is 0 Å². The summed E-state index contributed by atoms with van der Waals surface area (Å²) in [5, 5.41) is 8.37. The molecule has 0 spiro atoms. The molecule has 1 fully saturated rings. The summed E-state index contributed by atoms with van der Waals surface area (Å²) in [4.78, 5) is 23.9. The Hall–Kier alpha value is -1.14. The quantitative estimate of drug-likeness (QED) is 0.440. The number of hydrogen-bond acceptors (Lipinski definition) is 4. The Morgan fingerprint density at radius 1 is 1.00 bits per heavy atom. The molecule has 0 aromatic rings. The minimum absolute atomic E-state index is 0.172. The van der Waals surface area contributed by atoms with Crippen LogP contribution in [0.3, 0.4) is 0 Å². The first kappa shape index (κ1) is 37.2. The lowest BCUT2D eigenvalue weighted by molar-refractivity contribution is -0.137. The van der Waals surface area contributed by atoms with E-state index in [0.717, 1.165) is 25.7 Å². The molecular weight excluding hydrogens is 394 g/mol. The van der Waals surface area contributed by atoms with E-state index in [1.807, 2.05) is 53.4 Å². The van der Waals surface area contributed by atoms with E-state index in [4.69, 9.17) is 14.6 Å². The Kier molecular flexibility index (Phi) is 30.1. The predicted octanol–water partition coefficient (Wildman–Crippen LogP) is 6.41. The number of carboxylic acid groups (broad SMARTS) is 1. The average Bonchev–Trinajstić information content (AvgIpc) is 3.21. The van der Waals surface area contributed by atoms with Gasteiger partial charge in [0.15, 0.2) is 0 Å². The van der Waals surface area contributed by atoms with Crippen molar-refractivity contribution in [3.8, 4) is 0 Å². The van der Waals surface area contributed by atoms with Gasteiger partial charge in [-0.2, -0.15) is 0 Å². The standard InChI is InChI=1S/C11H21NO3.C8H16O2.3C2H6/c1-4-5-11(13)12-7-10(15-3)6-9(12)8-14-2;1-4-8(2,3)6-5-7(9)10;3*1-2/h9-10H,4-8H2,1-3H3;4-6H2,1-3H3,(H,9,10);3*1-2H3. The maximum Gasteiger partial charge on any atom is 0.303 e. The summed E-state index contributed by atoms with van der Waals surface area (Å²) in [6, 6.07) is 0.194. The molecule has 1 aliphatic heterocycles. The van der Waals surface area contributed by atoms with E-state index in [-0.39, 0.29) is 23.5 Å². The Morgan fingerprint density at radius 3 is 1.87 bits per heavy atom. The second kappa shape index (κ2) is 25.1. The number of nitrogens with zero attached hydrogens (tertiary/aromatic N) is 1. The van der Waals surface area contributed by atoms with Crippen molar-refractivity contribution in [3.63, 3.8) is 0 Å².